The van der Waals surface area contributed by atoms with Crippen molar-refractivity contribution in [3.05, 3.63) is 108 Å². The first kappa shape index (κ1) is 20.5. The van der Waals surface area contributed by atoms with E-state index in [1.165, 1.54) is 10.8 Å². The lowest BCUT2D eigenvalue weighted by Crippen LogP contribution is -2.00. The Morgan fingerprint density at radius 3 is 1.88 bits per heavy atom. The van der Waals surface area contributed by atoms with Crippen LogP contribution in [-0.2, 0) is 0 Å². The fraction of sp³-hybridized carbons (Fsp3) is 0.0345. The Kier molecular flexibility index (Phi) is 5.01. The summed E-state index contributed by atoms with van der Waals surface area (Å²) in [5.41, 5.74) is 4.64. The third kappa shape index (κ3) is 3.68. The minimum atomic E-state index is 0.142. The number of benzene rings is 4. The second-order valence-corrected chi connectivity index (χ2v) is 8.53. The lowest BCUT2D eigenvalue weighted by molar-refractivity contribution is 1.05. The largest absolute Gasteiger partial charge is 0.250 e. The third-order valence-corrected chi connectivity index (χ3v) is 6.09. The third-order valence-electron chi connectivity index (χ3n) is 5.92. The average molecular weight is 459 g/mol. The second kappa shape index (κ2) is 8.32. The Bertz CT molecular complexity index is 1560. The number of aromatic nitrogens is 4. The maximum absolute atomic E-state index is 6.39. The molecule has 0 N–H and O–H groups in total. The molecule has 0 aliphatic heterocycles. The summed E-state index contributed by atoms with van der Waals surface area (Å²) in [6.45, 7) is 1.98. The van der Waals surface area contributed by atoms with Gasteiger partial charge in [0.05, 0.1) is 0 Å². The van der Waals surface area contributed by atoms with Gasteiger partial charge in [0.2, 0.25) is 5.28 Å². The highest BCUT2D eigenvalue weighted by molar-refractivity contribution is 6.28. The normalized spacial score (nSPS) is 11.2. The Hall–Kier alpha value is -4.15. The van der Waals surface area contributed by atoms with E-state index in [0.717, 1.165) is 33.2 Å². The van der Waals surface area contributed by atoms with Crippen LogP contribution in [0, 0.1) is 6.92 Å². The van der Waals surface area contributed by atoms with E-state index in [1.54, 1.807) is 0 Å². The van der Waals surface area contributed by atoms with Gasteiger partial charge in [0.15, 0.2) is 11.6 Å². The molecule has 6 aromatic rings. The zero-order chi connectivity index (χ0) is 23.1. The van der Waals surface area contributed by atoms with E-state index in [1.807, 2.05) is 37.3 Å². The van der Waals surface area contributed by atoms with Gasteiger partial charge >= 0.3 is 0 Å². The van der Waals surface area contributed by atoms with Crippen molar-refractivity contribution in [3.63, 3.8) is 0 Å². The van der Waals surface area contributed by atoms with Gasteiger partial charge in [-0.2, -0.15) is 9.97 Å². The molecule has 34 heavy (non-hydrogen) atoms. The molecule has 0 amide bonds. The highest BCUT2D eigenvalue weighted by Gasteiger charge is 2.15. The van der Waals surface area contributed by atoms with E-state index in [0.29, 0.717) is 17.3 Å². The van der Waals surface area contributed by atoms with Crippen LogP contribution in [0.5, 0.6) is 0 Å². The molecule has 162 valence electrons. The summed E-state index contributed by atoms with van der Waals surface area (Å²) >= 11 is 6.39. The molecule has 0 atom stereocenters. The smallest absolute Gasteiger partial charge is 0.226 e. The number of hydrogen-bond donors (Lipinski definition) is 0. The van der Waals surface area contributed by atoms with Gasteiger partial charge in [-0.3, -0.25) is 0 Å². The first-order valence-corrected chi connectivity index (χ1v) is 11.4. The summed E-state index contributed by atoms with van der Waals surface area (Å²) in [6.07, 6.45) is 0. The molecule has 0 unspecified atom stereocenters. The van der Waals surface area contributed by atoms with Gasteiger partial charge < -0.3 is 0 Å². The predicted octanol–water partition coefficient (Wildman–Crippen LogP) is 7.54. The first-order chi connectivity index (χ1) is 16.7. The minimum absolute atomic E-state index is 0.142. The maximum Gasteiger partial charge on any atom is 0.226 e. The number of nitrogens with zero attached hydrogens (tertiary/aromatic N) is 4. The van der Waals surface area contributed by atoms with Crippen LogP contribution in [-0.4, -0.2) is 19.9 Å². The number of aryl methyl sites for hydroxylation is 1. The van der Waals surface area contributed by atoms with Crippen LogP contribution in [0.2, 0.25) is 5.28 Å². The standard InChI is InChI=1S/C29H19ClN4/c1-18-16-21(24-14-6-10-19-8-2-4-12-22(19)24)17-26(31-18)28-32-27(33-29(30)34-28)25-15-7-11-20-9-3-5-13-23(20)25/h2-17H,1H3. The summed E-state index contributed by atoms with van der Waals surface area (Å²) in [5, 5.41) is 4.70. The average Bonchev–Trinajstić information content (AvgIpc) is 2.87. The van der Waals surface area contributed by atoms with Gasteiger partial charge in [-0.15, -0.1) is 0 Å². The molecule has 0 radical (unpaired) electrons. The van der Waals surface area contributed by atoms with Crippen molar-refractivity contribution in [1.82, 2.24) is 19.9 Å². The van der Waals surface area contributed by atoms with Crippen LogP contribution in [0.3, 0.4) is 0 Å². The lowest BCUT2D eigenvalue weighted by atomic mass is 9.98. The Morgan fingerprint density at radius 2 is 1.15 bits per heavy atom. The predicted molar refractivity (Wildman–Crippen MR) is 139 cm³/mol. The molecule has 0 aliphatic rings. The van der Waals surface area contributed by atoms with E-state index in [-0.39, 0.29) is 5.28 Å². The quantitative estimate of drug-likeness (QED) is 0.275. The summed E-state index contributed by atoms with van der Waals surface area (Å²) < 4.78 is 0. The number of rotatable bonds is 3. The lowest BCUT2D eigenvalue weighted by Gasteiger charge is -2.11. The zero-order valence-electron chi connectivity index (χ0n) is 18.4. The van der Waals surface area contributed by atoms with Crippen LogP contribution in [0.25, 0.3) is 55.6 Å². The monoisotopic (exact) mass is 458 g/mol. The van der Waals surface area contributed by atoms with E-state index in [4.69, 9.17) is 21.6 Å². The van der Waals surface area contributed by atoms with E-state index in [9.17, 15) is 0 Å². The van der Waals surface area contributed by atoms with Crippen molar-refractivity contribution in [2.75, 3.05) is 0 Å². The molecule has 2 heterocycles. The Labute approximate surface area is 202 Å². The van der Waals surface area contributed by atoms with Gasteiger partial charge in [0.25, 0.3) is 0 Å². The molecule has 5 heteroatoms. The molecular formula is C29H19ClN4. The molecule has 0 bridgehead atoms. The molecule has 4 nitrogen and oxygen atoms in total. The van der Waals surface area contributed by atoms with Crippen molar-refractivity contribution in [3.8, 4) is 34.0 Å². The summed E-state index contributed by atoms with van der Waals surface area (Å²) in [5.74, 6) is 0.981. The van der Waals surface area contributed by atoms with Crippen molar-refractivity contribution in [1.29, 1.82) is 0 Å². The van der Waals surface area contributed by atoms with Gasteiger partial charge in [-0.05, 0) is 63.3 Å². The van der Waals surface area contributed by atoms with Crippen LogP contribution >= 0.6 is 11.6 Å². The van der Waals surface area contributed by atoms with Gasteiger partial charge in [0, 0.05) is 11.3 Å². The van der Waals surface area contributed by atoms with Gasteiger partial charge in [-0.25, -0.2) is 9.97 Å². The van der Waals surface area contributed by atoms with Crippen LogP contribution in [0.4, 0.5) is 0 Å². The minimum Gasteiger partial charge on any atom is -0.250 e. The highest BCUT2D eigenvalue weighted by atomic mass is 35.5. The number of hydrogen-bond acceptors (Lipinski definition) is 4. The summed E-state index contributed by atoms with van der Waals surface area (Å²) in [4.78, 5) is 18.4. The topological polar surface area (TPSA) is 51.6 Å². The van der Waals surface area contributed by atoms with E-state index < -0.39 is 0 Å². The Morgan fingerprint density at radius 1 is 0.559 bits per heavy atom. The van der Waals surface area contributed by atoms with Gasteiger partial charge in [0.1, 0.15) is 5.69 Å². The fourth-order valence-electron chi connectivity index (χ4n) is 4.42. The fourth-order valence-corrected chi connectivity index (χ4v) is 4.58. The Balaban J connectivity index is 1.52. The second-order valence-electron chi connectivity index (χ2n) is 8.19. The number of pyridine rings is 1. The summed E-state index contributed by atoms with van der Waals surface area (Å²) in [7, 11) is 0. The first-order valence-electron chi connectivity index (χ1n) is 11.0. The van der Waals surface area contributed by atoms with E-state index in [2.05, 4.69) is 76.7 Å². The number of halogens is 1. The van der Waals surface area contributed by atoms with Crippen LogP contribution < -0.4 is 0 Å². The van der Waals surface area contributed by atoms with Crippen molar-refractivity contribution >= 4 is 33.1 Å². The van der Waals surface area contributed by atoms with Crippen molar-refractivity contribution in [2.24, 2.45) is 0 Å². The molecule has 0 saturated heterocycles. The molecule has 6 rings (SSSR count). The van der Waals surface area contributed by atoms with Crippen molar-refractivity contribution in [2.45, 2.75) is 6.92 Å². The van der Waals surface area contributed by atoms with Gasteiger partial charge in [-0.1, -0.05) is 84.9 Å². The molecule has 0 saturated carbocycles. The molecule has 2 aromatic heterocycles. The maximum atomic E-state index is 6.39. The molecule has 0 fully saturated rings. The summed E-state index contributed by atoms with van der Waals surface area (Å²) in [6, 6.07) is 33.0. The molecular weight excluding hydrogens is 440 g/mol. The van der Waals surface area contributed by atoms with Crippen LogP contribution in [0.1, 0.15) is 5.69 Å². The SMILES string of the molecule is Cc1cc(-c2cccc3ccccc23)cc(-c2nc(Cl)nc(-c3cccc4ccccc34)n2)n1. The van der Waals surface area contributed by atoms with Crippen LogP contribution in [0.15, 0.2) is 97.1 Å². The molecule has 4 aromatic carbocycles. The number of fused-ring (bicyclic) bond motifs is 2. The highest BCUT2D eigenvalue weighted by Crippen LogP contribution is 2.32. The molecule has 0 aliphatic carbocycles. The van der Waals surface area contributed by atoms with E-state index >= 15 is 0 Å². The van der Waals surface area contributed by atoms with Crippen molar-refractivity contribution < 1.29 is 0 Å². The molecule has 0 spiro atoms. The zero-order valence-corrected chi connectivity index (χ0v) is 19.2.